The number of carbonyl (C=O) groups excluding carboxylic acids is 1. The zero-order valence-electron chi connectivity index (χ0n) is 11.4. The highest BCUT2D eigenvalue weighted by Gasteiger charge is 2.12. The minimum Gasteiger partial charge on any atom is -0.497 e. The molecule has 0 saturated heterocycles. The van der Waals surface area contributed by atoms with Gasteiger partial charge in [-0.15, -0.1) is 0 Å². The Labute approximate surface area is 108 Å². The number of ether oxygens (including phenoxy) is 2. The third-order valence-corrected chi connectivity index (χ3v) is 2.71. The molecule has 1 aromatic carbocycles. The van der Waals surface area contributed by atoms with Crippen LogP contribution in [0, 0.1) is 0 Å². The monoisotopic (exact) mass is 251 g/mol. The summed E-state index contributed by atoms with van der Waals surface area (Å²) >= 11 is 0. The van der Waals surface area contributed by atoms with Crippen LogP contribution >= 0.6 is 0 Å². The molecular weight excluding hydrogens is 230 g/mol. The number of methoxy groups -OCH3 is 2. The van der Waals surface area contributed by atoms with Crippen molar-refractivity contribution in [1.82, 2.24) is 5.32 Å². The van der Waals surface area contributed by atoms with Gasteiger partial charge in [0.25, 0.3) is 5.91 Å². The summed E-state index contributed by atoms with van der Waals surface area (Å²) in [5.74, 6) is 1.12. The average Bonchev–Trinajstić information content (AvgIpc) is 2.38. The van der Waals surface area contributed by atoms with Crippen LogP contribution in [-0.2, 0) is 0 Å². The lowest BCUT2D eigenvalue weighted by Gasteiger charge is -2.14. The van der Waals surface area contributed by atoms with Crippen LogP contribution < -0.4 is 14.8 Å². The van der Waals surface area contributed by atoms with Gasteiger partial charge in [-0.05, 0) is 25.5 Å². The maximum absolute atomic E-state index is 12.0. The molecule has 1 N–H and O–H groups in total. The molecule has 0 aliphatic rings. The lowest BCUT2D eigenvalue weighted by molar-refractivity contribution is 0.0937. The average molecular weight is 251 g/mol. The van der Waals surface area contributed by atoms with Crippen LogP contribution in [0.3, 0.4) is 0 Å². The van der Waals surface area contributed by atoms with Crippen molar-refractivity contribution < 1.29 is 14.3 Å². The molecule has 100 valence electrons. The highest BCUT2D eigenvalue weighted by Crippen LogP contribution is 2.22. The topological polar surface area (TPSA) is 47.6 Å². The number of benzene rings is 1. The lowest BCUT2D eigenvalue weighted by Crippen LogP contribution is -2.32. The van der Waals surface area contributed by atoms with Gasteiger partial charge in [0.15, 0.2) is 0 Å². The molecule has 0 aliphatic heterocycles. The molecule has 0 spiro atoms. The Morgan fingerprint density at radius 1 is 1.22 bits per heavy atom. The number of hydrogen-bond donors (Lipinski definition) is 1. The molecular formula is C14H21NO3. The fraction of sp³-hybridized carbons (Fsp3) is 0.500. The van der Waals surface area contributed by atoms with Gasteiger partial charge in [-0.2, -0.15) is 0 Å². The quantitative estimate of drug-likeness (QED) is 0.845. The van der Waals surface area contributed by atoms with Crippen molar-refractivity contribution in [2.45, 2.75) is 32.7 Å². The van der Waals surface area contributed by atoms with Gasteiger partial charge in [0.2, 0.25) is 0 Å². The van der Waals surface area contributed by atoms with E-state index in [0.29, 0.717) is 17.1 Å². The molecule has 4 heteroatoms. The van der Waals surface area contributed by atoms with Gasteiger partial charge in [-0.3, -0.25) is 4.79 Å². The molecule has 1 aromatic rings. The van der Waals surface area contributed by atoms with Crippen molar-refractivity contribution in [3.8, 4) is 11.5 Å². The molecule has 1 unspecified atom stereocenters. The molecule has 0 radical (unpaired) electrons. The Bertz CT molecular complexity index is 382. The lowest BCUT2D eigenvalue weighted by atomic mass is 10.1. The van der Waals surface area contributed by atoms with Gasteiger partial charge < -0.3 is 14.8 Å². The predicted molar refractivity (Wildman–Crippen MR) is 71.4 cm³/mol. The van der Waals surface area contributed by atoms with E-state index < -0.39 is 0 Å². The van der Waals surface area contributed by atoms with Gasteiger partial charge in [0.05, 0.1) is 14.2 Å². The van der Waals surface area contributed by atoms with Crippen LogP contribution in [0.1, 0.15) is 37.0 Å². The SMILES string of the molecule is CCCC(C)NC(=O)c1cc(OC)cc(OC)c1. The first-order valence-electron chi connectivity index (χ1n) is 6.14. The third kappa shape index (κ3) is 3.95. The molecule has 0 aliphatic carbocycles. The second-order valence-corrected chi connectivity index (χ2v) is 4.26. The van der Waals surface area contributed by atoms with E-state index in [4.69, 9.17) is 9.47 Å². The first-order chi connectivity index (χ1) is 8.60. The molecule has 0 aromatic heterocycles. The molecule has 0 heterocycles. The van der Waals surface area contributed by atoms with Gasteiger partial charge in [-0.25, -0.2) is 0 Å². The Morgan fingerprint density at radius 3 is 2.22 bits per heavy atom. The molecule has 18 heavy (non-hydrogen) atoms. The fourth-order valence-electron chi connectivity index (χ4n) is 1.75. The summed E-state index contributed by atoms with van der Waals surface area (Å²) in [7, 11) is 3.13. The summed E-state index contributed by atoms with van der Waals surface area (Å²) in [5, 5.41) is 2.95. The van der Waals surface area contributed by atoms with Crippen LogP contribution in [-0.4, -0.2) is 26.2 Å². The third-order valence-electron chi connectivity index (χ3n) is 2.71. The van der Waals surface area contributed by atoms with Crippen LogP contribution in [0.15, 0.2) is 18.2 Å². The van der Waals surface area contributed by atoms with Crippen LogP contribution in [0.25, 0.3) is 0 Å². The number of nitrogens with one attached hydrogen (secondary N) is 1. The van der Waals surface area contributed by atoms with Crippen molar-refractivity contribution in [3.63, 3.8) is 0 Å². The molecule has 0 saturated carbocycles. The van der Waals surface area contributed by atoms with E-state index in [0.717, 1.165) is 12.8 Å². The van der Waals surface area contributed by atoms with Crippen molar-refractivity contribution >= 4 is 5.91 Å². The number of carbonyl (C=O) groups is 1. The molecule has 0 bridgehead atoms. The second-order valence-electron chi connectivity index (χ2n) is 4.26. The smallest absolute Gasteiger partial charge is 0.251 e. The minimum absolute atomic E-state index is 0.104. The molecule has 1 rings (SSSR count). The van der Waals surface area contributed by atoms with E-state index >= 15 is 0 Å². The second kappa shape index (κ2) is 6.89. The van der Waals surface area contributed by atoms with Crippen LogP contribution in [0.2, 0.25) is 0 Å². The first-order valence-corrected chi connectivity index (χ1v) is 6.14. The summed E-state index contributed by atoms with van der Waals surface area (Å²) < 4.78 is 10.3. The summed E-state index contributed by atoms with van der Waals surface area (Å²) in [6, 6.07) is 5.32. The van der Waals surface area contributed by atoms with Crippen molar-refractivity contribution in [3.05, 3.63) is 23.8 Å². The number of rotatable bonds is 6. The van der Waals surface area contributed by atoms with E-state index in [1.54, 1.807) is 32.4 Å². The van der Waals surface area contributed by atoms with Gasteiger partial charge >= 0.3 is 0 Å². The zero-order chi connectivity index (χ0) is 13.5. The Hall–Kier alpha value is -1.71. The summed E-state index contributed by atoms with van der Waals surface area (Å²) in [4.78, 5) is 12.0. The number of amides is 1. The van der Waals surface area contributed by atoms with Gasteiger partial charge in [-0.1, -0.05) is 13.3 Å². The standard InChI is InChI=1S/C14H21NO3/c1-5-6-10(2)15-14(16)11-7-12(17-3)9-13(8-11)18-4/h7-10H,5-6H2,1-4H3,(H,15,16). The zero-order valence-corrected chi connectivity index (χ0v) is 11.4. The van der Waals surface area contributed by atoms with E-state index in [1.807, 2.05) is 6.92 Å². The first kappa shape index (κ1) is 14.4. The van der Waals surface area contributed by atoms with E-state index in [-0.39, 0.29) is 11.9 Å². The van der Waals surface area contributed by atoms with Crippen LogP contribution in [0.5, 0.6) is 11.5 Å². The number of hydrogen-bond acceptors (Lipinski definition) is 3. The molecule has 1 amide bonds. The summed E-state index contributed by atoms with van der Waals surface area (Å²) in [6.45, 7) is 4.09. The van der Waals surface area contributed by atoms with Crippen molar-refractivity contribution in [2.24, 2.45) is 0 Å². The molecule has 1 atom stereocenters. The highest BCUT2D eigenvalue weighted by molar-refractivity contribution is 5.95. The Morgan fingerprint density at radius 2 is 1.78 bits per heavy atom. The van der Waals surface area contributed by atoms with E-state index in [2.05, 4.69) is 12.2 Å². The summed E-state index contributed by atoms with van der Waals surface area (Å²) in [6.07, 6.45) is 2.01. The Kier molecular flexibility index (Phi) is 5.49. The van der Waals surface area contributed by atoms with Gasteiger partial charge in [0.1, 0.15) is 11.5 Å². The maximum atomic E-state index is 12.0. The normalized spacial score (nSPS) is 11.8. The molecule has 4 nitrogen and oxygen atoms in total. The van der Waals surface area contributed by atoms with Crippen molar-refractivity contribution in [1.29, 1.82) is 0 Å². The van der Waals surface area contributed by atoms with E-state index in [1.165, 1.54) is 0 Å². The molecule has 0 fully saturated rings. The summed E-state index contributed by atoms with van der Waals surface area (Å²) in [5.41, 5.74) is 0.550. The minimum atomic E-state index is -0.104. The largest absolute Gasteiger partial charge is 0.497 e. The van der Waals surface area contributed by atoms with E-state index in [9.17, 15) is 4.79 Å². The van der Waals surface area contributed by atoms with Crippen LogP contribution in [0.4, 0.5) is 0 Å². The maximum Gasteiger partial charge on any atom is 0.251 e. The Balaban J connectivity index is 2.84. The fourth-order valence-corrected chi connectivity index (χ4v) is 1.75. The highest BCUT2D eigenvalue weighted by atomic mass is 16.5. The van der Waals surface area contributed by atoms with Gasteiger partial charge in [0, 0.05) is 17.7 Å². The van der Waals surface area contributed by atoms with Crippen molar-refractivity contribution in [2.75, 3.05) is 14.2 Å². The predicted octanol–water partition coefficient (Wildman–Crippen LogP) is 2.62.